The molecule has 1 atom stereocenters. The third-order valence-corrected chi connectivity index (χ3v) is 2.89. The van der Waals surface area contributed by atoms with E-state index in [1.165, 1.54) is 0 Å². The van der Waals surface area contributed by atoms with E-state index in [-0.39, 0.29) is 19.0 Å². The first-order chi connectivity index (χ1) is 10.3. The van der Waals surface area contributed by atoms with Crippen LogP contribution in [0.5, 0.6) is 0 Å². The summed E-state index contributed by atoms with van der Waals surface area (Å²) >= 11 is 0. The van der Waals surface area contributed by atoms with Gasteiger partial charge < -0.3 is 15.7 Å². The summed E-state index contributed by atoms with van der Waals surface area (Å²) in [6.07, 6.45) is -5.93. The molecule has 0 saturated carbocycles. The van der Waals surface area contributed by atoms with Gasteiger partial charge >= 0.3 is 6.18 Å². The minimum Gasteiger partial charge on any atom is -0.386 e. The Hall–Kier alpha value is -1.76. The summed E-state index contributed by atoms with van der Waals surface area (Å²) in [7, 11) is 0. The molecule has 0 aromatic heterocycles. The van der Waals surface area contributed by atoms with Gasteiger partial charge in [-0.25, -0.2) is 0 Å². The lowest BCUT2D eigenvalue weighted by Crippen LogP contribution is -2.39. The summed E-state index contributed by atoms with van der Waals surface area (Å²) in [6.45, 7) is 4.08. The maximum Gasteiger partial charge on any atom is 0.390 e. The van der Waals surface area contributed by atoms with Crippen LogP contribution in [0.1, 0.15) is 30.6 Å². The molecule has 0 bridgehead atoms. The fourth-order valence-corrected chi connectivity index (χ4v) is 1.82. The van der Waals surface area contributed by atoms with Crippen LogP contribution in [-0.4, -0.2) is 36.9 Å². The molecule has 0 saturated heterocycles. The first kappa shape index (κ1) is 18.3. The van der Waals surface area contributed by atoms with Crippen molar-refractivity contribution in [3.8, 4) is 0 Å². The van der Waals surface area contributed by atoms with Crippen LogP contribution in [0.25, 0.3) is 0 Å². The zero-order valence-electron chi connectivity index (χ0n) is 12.7. The molecule has 0 aliphatic carbocycles. The molecule has 0 spiro atoms. The SMILES string of the molecule is CCNC(=NCC(O)c1cccc(C)c1)NCCC(F)(F)F. The van der Waals surface area contributed by atoms with Crippen LogP contribution >= 0.6 is 0 Å². The molecule has 3 N–H and O–H groups in total. The van der Waals surface area contributed by atoms with E-state index in [0.29, 0.717) is 6.54 Å². The Morgan fingerprint density at radius 1 is 1.32 bits per heavy atom. The molecule has 4 nitrogen and oxygen atoms in total. The smallest absolute Gasteiger partial charge is 0.386 e. The predicted octanol–water partition coefficient (Wildman–Crippen LogP) is 2.54. The minimum absolute atomic E-state index is 0.0742. The number of halogens is 3. The molecule has 1 aromatic carbocycles. The van der Waals surface area contributed by atoms with Gasteiger partial charge in [0, 0.05) is 13.1 Å². The highest BCUT2D eigenvalue weighted by molar-refractivity contribution is 5.79. The second-order valence-corrected chi connectivity index (χ2v) is 4.94. The minimum atomic E-state index is -4.20. The Morgan fingerprint density at radius 2 is 2.05 bits per heavy atom. The Kier molecular flexibility index (Phi) is 7.17. The van der Waals surface area contributed by atoms with Crippen LogP contribution in [0.4, 0.5) is 13.2 Å². The fourth-order valence-electron chi connectivity index (χ4n) is 1.82. The van der Waals surface area contributed by atoms with Crippen LogP contribution in [0, 0.1) is 6.92 Å². The number of aliphatic hydroxyl groups excluding tert-OH is 1. The largest absolute Gasteiger partial charge is 0.390 e. The van der Waals surface area contributed by atoms with Gasteiger partial charge in [0.2, 0.25) is 0 Å². The molecular weight excluding hydrogens is 295 g/mol. The van der Waals surface area contributed by atoms with Crippen LogP contribution in [-0.2, 0) is 0 Å². The standard InChI is InChI=1S/C15H22F3N3O/c1-3-19-14(20-8-7-15(16,17)18)21-10-13(22)12-6-4-5-11(2)9-12/h4-6,9,13,22H,3,7-8,10H2,1-2H3,(H2,19,20,21). The molecule has 1 aromatic rings. The number of hydrogen-bond donors (Lipinski definition) is 3. The fraction of sp³-hybridized carbons (Fsp3) is 0.533. The molecule has 0 radical (unpaired) electrons. The van der Waals surface area contributed by atoms with Gasteiger partial charge in [0.1, 0.15) is 0 Å². The summed E-state index contributed by atoms with van der Waals surface area (Å²) in [5.74, 6) is 0.262. The molecule has 1 unspecified atom stereocenters. The van der Waals surface area contributed by atoms with Crippen LogP contribution in [0.3, 0.4) is 0 Å². The highest BCUT2D eigenvalue weighted by Crippen LogP contribution is 2.18. The molecule has 0 aliphatic rings. The third-order valence-electron chi connectivity index (χ3n) is 2.89. The lowest BCUT2D eigenvalue weighted by Gasteiger charge is -2.14. The van der Waals surface area contributed by atoms with E-state index >= 15 is 0 Å². The van der Waals surface area contributed by atoms with Crippen molar-refractivity contribution in [3.05, 3.63) is 35.4 Å². The van der Waals surface area contributed by atoms with Gasteiger partial charge in [0.15, 0.2) is 5.96 Å². The number of nitrogens with zero attached hydrogens (tertiary/aromatic N) is 1. The zero-order valence-corrected chi connectivity index (χ0v) is 12.7. The molecule has 0 amide bonds. The summed E-state index contributed by atoms with van der Waals surface area (Å²) in [5, 5.41) is 15.5. The van der Waals surface area contributed by atoms with Gasteiger partial charge in [0.25, 0.3) is 0 Å². The number of aliphatic imine (C=N–C) groups is 1. The van der Waals surface area contributed by atoms with Gasteiger partial charge in [0.05, 0.1) is 19.1 Å². The highest BCUT2D eigenvalue weighted by Gasteiger charge is 2.26. The maximum absolute atomic E-state index is 12.1. The molecule has 0 aliphatic heterocycles. The third kappa shape index (κ3) is 7.31. The molecule has 0 fully saturated rings. The summed E-state index contributed by atoms with van der Waals surface area (Å²) in [6, 6.07) is 7.40. The van der Waals surface area contributed by atoms with Crippen LogP contribution < -0.4 is 10.6 Å². The van der Waals surface area contributed by atoms with Crippen molar-refractivity contribution in [1.29, 1.82) is 0 Å². The van der Waals surface area contributed by atoms with Crippen molar-refractivity contribution >= 4 is 5.96 Å². The number of aliphatic hydroxyl groups is 1. The number of rotatable bonds is 6. The molecular formula is C15H22F3N3O. The lowest BCUT2D eigenvalue weighted by atomic mass is 10.1. The number of hydrogen-bond acceptors (Lipinski definition) is 2. The van der Waals surface area contributed by atoms with Crippen molar-refractivity contribution in [2.75, 3.05) is 19.6 Å². The van der Waals surface area contributed by atoms with E-state index in [9.17, 15) is 18.3 Å². The van der Waals surface area contributed by atoms with Crippen molar-refractivity contribution in [3.63, 3.8) is 0 Å². The molecule has 124 valence electrons. The highest BCUT2D eigenvalue weighted by atomic mass is 19.4. The quantitative estimate of drug-likeness (QED) is 0.558. The van der Waals surface area contributed by atoms with Gasteiger partial charge in [-0.3, -0.25) is 4.99 Å². The summed E-state index contributed by atoms with van der Waals surface area (Å²) < 4.78 is 36.4. The van der Waals surface area contributed by atoms with Gasteiger partial charge in [-0.15, -0.1) is 0 Å². The number of guanidine groups is 1. The average Bonchev–Trinajstić information content (AvgIpc) is 2.43. The maximum atomic E-state index is 12.1. The van der Waals surface area contributed by atoms with E-state index in [2.05, 4.69) is 15.6 Å². The molecule has 7 heteroatoms. The van der Waals surface area contributed by atoms with Crippen LogP contribution in [0.15, 0.2) is 29.3 Å². The zero-order chi connectivity index (χ0) is 16.6. The summed E-state index contributed by atoms with van der Waals surface area (Å²) in [4.78, 5) is 4.12. The first-order valence-corrected chi connectivity index (χ1v) is 7.15. The topological polar surface area (TPSA) is 56.7 Å². The van der Waals surface area contributed by atoms with Crippen molar-refractivity contribution in [1.82, 2.24) is 10.6 Å². The van der Waals surface area contributed by atoms with Crippen molar-refractivity contribution < 1.29 is 18.3 Å². The number of nitrogens with one attached hydrogen (secondary N) is 2. The van der Waals surface area contributed by atoms with E-state index in [0.717, 1.165) is 11.1 Å². The summed E-state index contributed by atoms with van der Waals surface area (Å²) in [5.41, 5.74) is 1.76. The van der Waals surface area contributed by atoms with Crippen molar-refractivity contribution in [2.24, 2.45) is 4.99 Å². The van der Waals surface area contributed by atoms with E-state index in [1.807, 2.05) is 32.0 Å². The Labute approximate surface area is 128 Å². The van der Waals surface area contributed by atoms with Crippen LogP contribution in [0.2, 0.25) is 0 Å². The number of benzene rings is 1. The monoisotopic (exact) mass is 317 g/mol. The van der Waals surface area contributed by atoms with Crippen molar-refractivity contribution in [2.45, 2.75) is 32.5 Å². The second kappa shape index (κ2) is 8.63. The van der Waals surface area contributed by atoms with Gasteiger partial charge in [-0.1, -0.05) is 29.8 Å². The predicted molar refractivity (Wildman–Crippen MR) is 80.8 cm³/mol. The normalized spacial score (nSPS) is 13.8. The second-order valence-electron chi connectivity index (χ2n) is 4.94. The Bertz CT molecular complexity index is 489. The molecule has 1 rings (SSSR count). The van der Waals surface area contributed by atoms with Gasteiger partial charge in [-0.05, 0) is 19.4 Å². The average molecular weight is 317 g/mol. The number of alkyl halides is 3. The Morgan fingerprint density at radius 3 is 2.64 bits per heavy atom. The van der Waals surface area contributed by atoms with Gasteiger partial charge in [-0.2, -0.15) is 13.2 Å². The Balaban J connectivity index is 2.57. The lowest BCUT2D eigenvalue weighted by molar-refractivity contribution is -0.132. The number of aryl methyl sites for hydroxylation is 1. The van der Waals surface area contributed by atoms with E-state index < -0.39 is 18.7 Å². The molecule has 22 heavy (non-hydrogen) atoms. The first-order valence-electron chi connectivity index (χ1n) is 7.15. The molecule has 0 heterocycles. The van der Waals surface area contributed by atoms with E-state index in [4.69, 9.17) is 0 Å². The van der Waals surface area contributed by atoms with E-state index in [1.54, 1.807) is 6.07 Å².